The molecule has 1 fully saturated rings. The molecule has 1 aliphatic heterocycles. The molecule has 174 valence electrons. The average Bonchev–Trinajstić information content (AvgIpc) is 3.61. The third-order valence-electron chi connectivity index (χ3n) is 5.37. The fourth-order valence-electron chi connectivity index (χ4n) is 3.47. The van der Waals surface area contributed by atoms with Crippen LogP contribution in [0.2, 0.25) is 5.02 Å². The van der Waals surface area contributed by atoms with Crippen LogP contribution in [-0.2, 0) is 16.1 Å². The maximum absolute atomic E-state index is 5.95. The Morgan fingerprint density at radius 2 is 1.59 bits per heavy atom. The third kappa shape index (κ3) is 5.59. The molecule has 1 aromatic heterocycles. The van der Waals surface area contributed by atoms with Crippen LogP contribution in [0.4, 0.5) is 0 Å². The van der Waals surface area contributed by atoms with Crippen LogP contribution in [-0.4, -0.2) is 35.5 Å². The van der Waals surface area contributed by atoms with Crippen LogP contribution >= 0.6 is 11.6 Å². The fourth-order valence-corrected chi connectivity index (χ4v) is 3.59. The Hall–Kier alpha value is -3.32. The number of epoxide rings is 1. The van der Waals surface area contributed by atoms with Crippen molar-refractivity contribution in [1.29, 1.82) is 0 Å². The van der Waals surface area contributed by atoms with Gasteiger partial charge in [-0.05, 0) is 79.7 Å². The molecule has 0 amide bonds. The van der Waals surface area contributed by atoms with Crippen LogP contribution in [0.3, 0.4) is 0 Å². The van der Waals surface area contributed by atoms with Crippen molar-refractivity contribution in [3.8, 4) is 34.2 Å². The molecule has 0 aliphatic carbocycles. The van der Waals surface area contributed by atoms with E-state index in [1.54, 1.807) is 12.1 Å². The maximum atomic E-state index is 5.95. The Balaban J connectivity index is 1.35. The molecule has 0 N–H and O–H groups in total. The van der Waals surface area contributed by atoms with Crippen molar-refractivity contribution in [2.24, 2.45) is 0 Å². The minimum absolute atomic E-state index is 0.236. The summed E-state index contributed by atoms with van der Waals surface area (Å²) in [4.78, 5) is 4.84. The number of benzene rings is 3. The zero-order chi connectivity index (χ0) is 23.3. The van der Waals surface area contributed by atoms with Gasteiger partial charge in [0.1, 0.15) is 42.4 Å². The summed E-state index contributed by atoms with van der Waals surface area (Å²) in [6.45, 7) is 4.38. The van der Waals surface area contributed by atoms with Crippen molar-refractivity contribution < 1.29 is 18.9 Å². The second kappa shape index (κ2) is 10.3. The lowest BCUT2D eigenvalue weighted by molar-refractivity contribution is 0.127. The van der Waals surface area contributed by atoms with Crippen molar-refractivity contribution in [2.45, 2.75) is 19.6 Å². The van der Waals surface area contributed by atoms with Gasteiger partial charge in [0.15, 0.2) is 0 Å². The highest BCUT2D eigenvalue weighted by Crippen LogP contribution is 2.27. The third-order valence-corrected chi connectivity index (χ3v) is 5.62. The van der Waals surface area contributed by atoms with Crippen LogP contribution in [0.1, 0.15) is 12.7 Å². The summed E-state index contributed by atoms with van der Waals surface area (Å²) in [6, 6.07) is 23.1. The molecule has 1 aliphatic rings. The van der Waals surface area contributed by atoms with Crippen molar-refractivity contribution in [3.63, 3.8) is 0 Å². The van der Waals surface area contributed by atoms with Gasteiger partial charge in [-0.25, -0.2) is 4.98 Å². The predicted molar refractivity (Wildman–Crippen MR) is 131 cm³/mol. The molecule has 2 heterocycles. The van der Waals surface area contributed by atoms with Gasteiger partial charge in [0.25, 0.3) is 0 Å². The molecule has 5 rings (SSSR count). The van der Waals surface area contributed by atoms with Gasteiger partial charge >= 0.3 is 0 Å². The van der Waals surface area contributed by atoms with E-state index in [1.165, 1.54) is 0 Å². The van der Waals surface area contributed by atoms with E-state index in [0.29, 0.717) is 24.8 Å². The Bertz CT molecular complexity index is 1220. The largest absolute Gasteiger partial charge is 0.491 e. The standard InChI is InChI=1S/C27H25ClN2O4/c1-2-31-18-27-29-26(19-3-9-22(10-4-19)32-16-25-17-33-25)15-30(27)21-7-13-24(14-8-21)34-23-11-5-20(28)6-12-23/h3-15,25H,2,16-18H2,1H3/t25-/m0/s1. The van der Waals surface area contributed by atoms with Gasteiger partial charge in [-0.15, -0.1) is 0 Å². The summed E-state index contributed by atoms with van der Waals surface area (Å²) >= 11 is 5.95. The van der Waals surface area contributed by atoms with E-state index in [2.05, 4.69) is 0 Å². The minimum atomic E-state index is 0.236. The SMILES string of the molecule is CCOCc1nc(-c2ccc(OC[C@H]3CO3)cc2)cn1-c1ccc(Oc2ccc(Cl)cc2)cc1. The zero-order valence-electron chi connectivity index (χ0n) is 18.8. The molecular weight excluding hydrogens is 452 g/mol. The Morgan fingerprint density at radius 3 is 2.24 bits per heavy atom. The number of halogens is 1. The number of nitrogens with zero attached hydrogens (tertiary/aromatic N) is 2. The highest BCUT2D eigenvalue weighted by molar-refractivity contribution is 6.30. The van der Waals surface area contributed by atoms with E-state index in [0.717, 1.165) is 46.6 Å². The molecular formula is C27H25ClN2O4. The van der Waals surface area contributed by atoms with Crippen molar-refractivity contribution >= 4 is 11.6 Å². The van der Waals surface area contributed by atoms with E-state index in [-0.39, 0.29) is 6.10 Å². The van der Waals surface area contributed by atoms with E-state index < -0.39 is 0 Å². The van der Waals surface area contributed by atoms with Gasteiger partial charge in [0.2, 0.25) is 0 Å². The van der Waals surface area contributed by atoms with E-state index in [1.807, 2.05) is 78.4 Å². The summed E-state index contributed by atoms with van der Waals surface area (Å²) in [5.74, 6) is 3.13. The average molecular weight is 477 g/mol. The normalized spacial score (nSPS) is 14.7. The van der Waals surface area contributed by atoms with Crippen LogP contribution in [0.15, 0.2) is 79.0 Å². The second-order valence-corrected chi connectivity index (χ2v) is 8.33. The summed E-state index contributed by atoms with van der Waals surface area (Å²) < 4.78 is 24.6. The molecule has 1 saturated heterocycles. The molecule has 0 saturated carbocycles. The topological polar surface area (TPSA) is 58.0 Å². The number of rotatable bonds is 10. The predicted octanol–water partition coefficient (Wildman–Crippen LogP) is 6.30. The quantitative estimate of drug-likeness (QED) is 0.251. The van der Waals surface area contributed by atoms with Crippen molar-refractivity contribution in [1.82, 2.24) is 9.55 Å². The first kappa shape index (κ1) is 22.5. The van der Waals surface area contributed by atoms with Crippen LogP contribution < -0.4 is 9.47 Å². The molecule has 0 radical (unpaired) electrons. The highest BCUT2D eigenvalue weighted by atomic mass is 35.5. The van der Waals surface area contributed by atoms with Gasteiger partial charge in [-0.3, -0.25) is 0 Å². The van der Waals surface area contributed by atoms with Crippen LogP contribution in [0, 0.1) is 0 Å². The zero-order valence-corrected chi connectivity index (χ0v) is 19.6. The van der Waals surface area contributed by atoms with Gasteiger partial charge in [0.05, 0.1) is 12.3 Å². The second-order valence-electron chi connectivity index (χ2n) is 7.89. The number of hydrogen-bond acceptors (Lipinski definition) is 5. The number of aromatic nitrogens is 2. The summed E-state index contributed by atoms with van der Waals surface area (Å²) in [5.41, 5.74) is 2.85. The van der Waals surface area contributed by atoms with Gasteiger partial charge < -0.3 is 23.5 Å². The Morgan fingerprint density at radius 1 is 0.941 bits per heavy atom. The highest BCUT2D eigenvalue weighted by Gasteiger charge is 2.23. The van der Waals surface area contributed by atoms with Crippen molar-refractivity contribution in [2.75, 3.05) is 19.8 Å². The van der Waals surface area contributed by atoms with Gasteiger partial charge in [-0.1, -0.05) is 11.6 Å². The Labute approximate surface area is 203 Å². The molecule has 1 atom stereocenters. The van der Waals surface area contributed by atoms with Crippen LogP contribution in [0.25, 0.3) is 16.9 Å². The lowest BCUT2D eigenvalue weighted by atomic mass is 10.1. The first-order valence-corrected chi connectivity index (χ1v) is 11.6. The molecule has 3 aromatic carbocycles. The van der Waals surface area contributed by atoms with E-state index in [9.17, 15) is 0 Å². The van der Waals surface area contributed by atoms with Crippen LogP contribution in [0.5, 0.6) is 17.2 Å². The molecule has 7 heteroatoms. The fraction of sp³-hybridized carbons (Fsp3) is 0.222. The lowest BCUT2D eigenvalue weighted by Gasteiger charge is -2.10. The molecule has 0 spiro atoms. The monoisotopic (exact) mass is 476 g/mol. The first-order valence-electron chi connectivity index (χ1n) is 11.2. The molecule has 0 bridgehead atoms. The van der Waals surface area contributed by atoms with Gasteiger partial charge in [-0.2, -0.15) is 0 Å². The number of ether oxygens (including phenoxy) is 4. The first-order chi connectivity index (χ1) is 16.7. The summed E-state index contributed by atoms with van der Waals surface area (Å²) in [6.07, 6.45) is 2.26. The molecule has 34 heavy (non-hydrogen) atoms. The number of imidazole rings is 1. The summed E-state index contributed by atoms with van der Waals surface area (Å²) in [5, 5.41) is 0.676. The summed E-state index contributed by atoms with van der Waals surface area (Å²) in [7, 11) is 0. The molecule has 4 aromatic rings. The maximum Gasteiger partial charge on any atom is 0.140 e. The Kier molecular flexibility index (Phi) is 6.81. The number of hydrogen-bond donors (Lipinski definition) is 0. The lowest BCUT2D eigenvalue weighted by Crippen LogP contribution is -2.03. The van der Waals surface area contributed by atoms with E-state index in [4.69, 9.17) is 35.5 Å². The molecule has 6 nitrogen and oxygen atoms in total. The van der Waals surface area contributed by atoms with Crippen molar-refractivity contribution in [3.05, 3.63) is 89.8 Å². The smallest absolute Gasteiger partial charge is 0.140 e. The minimum Gasteiger partial charge on any atom is -0.491 e. The van der Waals surface area contributed by atoms with Gasteiger partial charge in [0, 0.05) is 29.1 Å². The van der Waals surface area contributed by atoms with E-state index >= 15 is 0 Å². The molecule has 0 unspecified atom stereocenters.